The van der Waals surface area contributed by atoms with Crippen LogP contribution in [0.3, 0.4) is 0 Å². The van der Waals surface area contributed by atoms with Gasteiger partial charge < -0.3 is 15.4 Å². The van der Waals surface area contributed by atoms with E-state index in [1.54, 1.807) is 18.2 Å². The zero-order valence-corrected chi connectivity index (χ0v) is 13.3. The first kappa shape index (κ1) is 17.3. The Hall–Kier alpha value is -2.09. The highest BCUT2D eigenvalue weighted by Gasteiger charge is 2.32. The van der Waals surface area contributed by atoms with Gasteiger partial charge in [-0.3, -0.25) is 14.4 Å². The Kier molecular flexibility index (Phi) is 5.97. The van der Waals surface area contributed by atoms with Gasteiger partial charge in [0.05, 0.1) is 12.4 Å². The number of methoxy groups -OCH3 is 1. The van der Waals surface area contributed by atoms with Crippen LogP contribution in [0.2, 0.25) is 0 Å². The SMILES string of the molecule is COC(=O)CNC(=O)[C@@H]1CS[C@@H](Cc2ccccc2F)C(=O)N1. The second kappa shape index (κ2) is 7.96. The summed E-state index contributed by atoms with van der Waals surface area (Å²) >= 11 is 1.30. The number of thioether (sulfide) groups is 1. The van der Waals surface area contributed by atoms with Crippen LogP contribution in [-0.4, -0.2) is 48.5 Å². The third-order valence-corrected chi connectivity index (χ3v) is 4.70. The minimum atomic E-state index is -0.714. The molecule has 0 radical (unpaired) electrons. The quantitative estimate of drug-likeness (QED) is 0.751. The number of hydrogen-bond acceptors (Lipinski definition) is 5. The minimum Gasteiger partial charge on any atom is -0.468 e. The lowest BCUT2D eigenvalue weighted by Gasteiger charge is -2.28. The molecule has 8 heteroatoms. The molecule has 0 saturated carbocycles. The zero-order valence-electron chi connectivity index (χ0n) is 12.5. The van der Waals surface area contributed by atoms with Gasteiger partial charge in [-0.1, -0.05) is 18.2 Å². The summed E-state index contributed by atoms with van der Waals surface area (Å²) in [5, 5.41) is 4.55. The third-order valence-electron chi connectivity index (χ3n) is 3.39. The van der Waals surface area contributed by atoms with E-state index in [0.717, 1.165) is 0 Å². The number of esters is 1. The van der Waals surface area contributed by atoms with Gasteiger partial charge in [0.15, 0.2) is 0 Å². The first-order valence-electron chi connectivity index (χ1n) is 7.01. The summed E-state index contributed by atoms with van der Waals surface area (Å²) in [6.45, 7) is -0.245. The standard InChI is InChI=1S/C15H17FN2O4S/c1-22-13(19)7-17-14(20)11-8-23-12(15(21)18-11)6-9-4-2-3-5-10(9)16/h2-5,11-12H,6-8H2,1H3,(H,17,20)(H,18,21)/t11-,12-/m0/s1. The maximum absolute atomic E-state index is 13.6. The van der Waals surface area contributed by atoms with Gasteiger partial charge in [-0.05, 0) is 18.1 Å². The molecule has 1 fully saturated rings. The maximum Gasteiger partial charge on any atom is 0.325 e. The molecule has 1 aromatic carbocycles. The summed E-state index contributed by atoms with van der Waals surface area (Å²) in [5.74, 6) is -1.31. The predicted octanol–water partition coefficient (Wildman–Crippen LogP) is 0.258. The van der Waals surface area contributed by atoms with Gasteiger partial charge in [0, 0.05) is 5.75 Å². The van der Waals surface area contributed by atoms with E-state index in [4.69, 9.17) is 0 Å². The maximum atomic E-state index is 13.6. The first-order chi connectivity index (χ1) is 11.0. The molecule has 0 bridgehead atoms. The molecule has 1 saturated heterocycles. The van der Waals surface area contributed by atoms with Gasteiger partial charge in [0.2, 0.25) is 11.8 Å². The van der Waals surface area contributed by atoms with E-state index in [1.807, 2.05) is 0 Å². The fourth-order valence-corrected chi connectivity index (χ4v) is 3.28. The fraction of sp³-hybridized carbons (Fsp3) is 0.400. The number of halogens is 1. The van der Waals surface area contributed by atoms with Crippen LogP contribution < -0.4 is 10.6 Å². The smallest absolute Gasteiger partial charge is 0.325 e. The molecule has 0 spiro atoms. The molecule has 0 aromatic heterocycles. The van der Waals surface area contributed by atoms with Crippen LogP contribution in [-0.2, 0) is 25.5 Å². The normalized spacial score (nSPS) is 20.5. The van der Waals surface area contributed by atoms with Crippen molar-refractivity contribution in [2.45, 2.75) is 17.7 Å². The highest BCUT2D eigenvalue weighted by Crippen LogP contribution is 2.23. The number of ether oxygens (including phenoxy) is 1. The van der Waals surface area contributed by atoms with Gasteiger partial charge in [-0.25, -0.2) is 4.39 Å². The van der Waals surface area contributed by atoms with E-state index in [-0.39, 0.29) is 24.7 Å². The van der Waals surface area contributed by atoms with Gasteiger partial charge >= 0.3 is 5.97 Å². The van der Waals surface area contributed by atoms with Crippen LogP contribution in [0.5, 0.6) is 0 Å². The largest absolute Gasteiger partial charge is 0.468 e. The Morgan fingerprint density at radius 1 is 1.43 bits per heavy atom. The van der Waals surface area contributed by atoms with Gasteiger partial charge in [0.25, 0.3) is 0 Å². The Morgan fingerprint density at radius 3 is 2.83 bits per heavy atom. The molecule has 2 amide bonds. The topological polar surface area (TPSA) is 84.5 Å². The van der Waals surface area contributed by atoms with E-state index < -0.39 is 23.2 Å². The summed E-state index contributed by atoms with van der Waals surface area (Å²) in [5.41, 5.74) is 0.466. The van der Waals surface area contributed by atoms with E-state index >= 15 is 0 Å². The lowest BCUT2D eigenvalue weighted by Crippen LogP contribution is -2.55. The molecule has 6 nitrogen and oxygen atoms in total. The lowest BCUT2D eigenvalue weighted by atomic mass is 10.1. The van der Waals surface area contributed by atoms with Crippen molar-refractivity contribution in [1.29, 1.82) is 0 Å². The highest BCUT2D eigenvalue weighted by atomic mass is 32.2. The molecule has 2 rings (SSSR count). The van der Waals surface area contributed by atoms with Crippen molar-refractivity contribution in [3.63, 3.8) is 0 Å². The van der Waals surface area contributed by atoms with Crippen molar-refractivity contribution < 1.29 is 23.5 Å². The second-order valence-electron chi connectivity index (χ2n) is 4.97. The Bertz CT molecular complexity index is 611. The van der Waals surface area contributed by atoms with Crippen LogP contribution in [0, 0.1) is 5.82 Å². The molecule has 1 aromatic rings. The number of carbonyl (C=O) groups excluding carboxylic acids is 3. The number of hydrogen-bond donors (Lipinski definition) is 2. The summed E-state index contributed by atoms with van der Waals surface area (Å²) in [6, 6.07) is 5.58. The molecule has 1 aliphatic heterocycles. The molecule has 1 heterocycles. The second-order valence-corrected chi connectivity index (χ2v) is 6.21. The van der Waals surface area contributed by atoms with Crippen LogP contribution in [0.25, 0.3) is 0 Å². The molecule has 0 aliphatic carbocycles. The summed E-state index contributed by atoms with van der Waals surface area (Å²) in [4.78, 5) is 35.0. The number of benzene rings is 1. The highest BCUT2D eigenvalue weighted by molar-refractivity contribution is 8.00. The van der Waals surface area contributed by atoms with Crippen molar-refractivity contribution in [3.8, 4) is 0 Å². The molecule has 1 aliphatic rings. The van der Waals surface area contributed by atoms with E-state index in [9.17, 15) is 18.8 Å². The van der Waals surface area contributed by atoms with Crippen LogP contribution in [0.4, 0.5) is 4.39 Å². The third kappa shape index (κ3) is 4.69. The van der Waals surface area contributed by atoms with Gasteiger partial charge in [0.1, 0.15) is 18.4 Å². The average Bonchev–Trinajstić information content (AvgIpc) is 2.56. The van der Waals surface area contributed by atoms with E-state index in [0.29, 0.717) is 11.3 Å². The predicted molar refractivity (Wildman–Crippen MR) is 83.3 cm³/mol. The van der Waals surface area contributed by atoms with Crippen LogP contribution in [0.1, 0.15) is 5.56 Å². The molecule has 2 N–H and O–H groups in total. The number of amides is 2. The van der Waals surface area contributed by atoms with Crippen LogP contribution >= 0.6 is 11.8 Å². The number of rotatable bonds is 5. The van der Waals surface area contributed by atoms with Crippen molar-refractivity contribution in [2.75, 3.05) is 19.4 Å². The minimum absolute atomic E-state index is 0.245. The lowest BCUT2D eigenvalue weighted by molar-refractivity contribution is -0.141. The number of nitrogens with one attached hydrogen (secondary N) is 2. The first-order valence-corrected chi connectivity index (χ1v) is 8.06. The molecule has 124 valence electrons. The summed E-state index contributed by atoms with van der Waals surface area (Å²) in [6.07, 6.45) is 0.264. The van der Waals surface area contributed by atoms with E-state index in [1.165, 1.54) is 24.9 Å². The summed E-state index contributed by atoms with van der Waals surface area (Å²) < 4.78 is 18.1. The van der Waals surface area contributed by atoms with Crippen molar-refractivity contribution >= 4 is 29.5 Å². The molecule has 2 atom stereocenters. The molecule has 23 heavy (non-hydrogen) atoms. The fourth-order valence-electron chi connectivity index (χ4n) is 2.11. The molecular formula is C15H17FN2O4S. The Balaban J connectivity index is 1.87. The average molecular weight is 340 g/mol. The summed E-state index contributed by atoms with van der Waals surface area (Å²) in [7, 11) is 1.22. The molecular weight excluding hydrogens is 323 g/mol. The zero-order chi connectivity index (χ0) is 16.8. The van der Waals surface area contributed by atoms with Crippen molar-refractivity contribution in [2.24, 2.45) is 0 Å². The van der Waals surface area contributed by atoms with E-state index in [2.05, 4.69) is 15.4 Å². The molecule has 0 unspecified atom stereocenters. The van der Waals surface area contributed by atoms with Crippen LogP contribution in [0.15, 0.2) is 24.3 Å². The Morgan fingerprint density at radius 2 is 2.17 bits per heavy atom. The van der Waals surface area contributed by atoms with Crippen molar-refractivity contribution in [3.05, 3.63) is 35.6 Å². The Labute approximate surface area is 137 Å². The monoisotopic (exact) mass is 340 g/mol. The van der Waals surface area contributed by atoms with Gasteiger partial charge in [-0.15, -0.1) is 11.8 Å². The van der Waals surface area contributed by atoms with Crippen molar-refractivity contribution in [1.82, 2.24) is 10.6 Å². The number of carbonyl (C=O) groups is 3. The van der Waals surface area contributed by atoms with Gasteiger partial charge in [-0.2, -0.15) is 0 Å².